The minimum Gasteiger partial charge on any atom is -0.481 e. The summed E-state index contributed by atoms with van der Waals surface area (Å²) in [5.41, 5.74) is 2.75. The number of hydrogen-bond donors (Lipinski definition) is 0. The smallest absolute Gasteiger partial charge is 0.216 e. The highest BCUT2D eigenvalue weighted by molar-refractivity contribution is 5.45. The topological polar surface area (TPSA) is 31.4 Å². The Hall–Kier alpha value is -2.03. The van der Waals surface area contributed by atoms with Crippen molar-refractivity contribution < 1.29 is 9.47 Å². The number of aryl methyl sites for hydroxylation is 1. The third kappa shape index (κ3) is 2.04. The largest absolute Gasteiger partial charge is 0.481 e. The highest BCUT2D eigenvalue weighted by Crippen LogP contribution is 2.33. The highest BCUT2D eigenvalue weighted by atomic mass is 16.5. The summed E-state index contributed by atoms with van der Waals surface area (Å²) in [5.74, 6) is 2.29. The molecule has 1 aliphatic rings. The van der Waals surface area contributed by atoms with Crippen molar-refractivity contribution in [3.05, 3.63) is 47.7 Å². The van der Waals surface area contributed by atoms with Crippen LogP contribution in [0.3, 0.4) is 0 Å². The molecule has 0 atom stereocenters. The van der Waals surface area contributed by atoms with Crippen molar-refractivity contribution in [2.24, 2.45) is 0 Å². The van der Waals surface area contributed by atoms with Gasteiger partial charge in [0.1, 0.15) is 11.5 Å². The Balaban J connectivity index is 1.90. The van der Waals surface area contributed by atoms with E-state index in [1.165, 1.54) is 17.5 Å². The highest BCUT2D eigenvalue weighted by Gasteiger charge is 2.15. The Morgan fingerprint density at radius 3 is 3.00 bits per heavy atom. The van der Waals surface area contributed by atoms with Gasteiger partial charge < -0.3 is 9.47 Å². The molecule has 3 nitrogen and oxygen atoms in total. The molecule has 0 N–H and O–H groups in total. The molecule has 18 heavy (non-hydrogen) atoms. The maximum atomic E-state index is 5.94. The van der Waals surface area contributed by atoms with Gasteiger partial charge in [-0.1, -0.05) is 12.1 Å². The number of methoxy groups -OCH3 is 1. The van der Waals surface area contributed by atoms with Gasteiger partial charge in [-0.05, 0) is 42.5 Å². The van der Waals surface area contributed by atoms with Gasteiger partial charge in [0.05, 0.1) is 7.11 Å². The predicted octanol–water partition coefficient (Wildman–Crippen LogP) is 3.37. The van der Waals surface area contributed by atoms with Crippen LogP contribution in [-0.2, 0) is 12.8 Å². The van der Waals surface area contributed by atoms with Crippen LogP contribution >= 0.6 is 0 Å². The Labute approximate surface area is 106 Å². The lowest BCUT2D eigenvalue weighted by atomic mass is 10.1. The normalized spacial score (nSPS) is 13.2. The van der Waals surface area contributed by atoms with Gasteiger partial charge in [-0.2, -0.15) is 0 Å². The second-order valence-corrected chi connectivity index (χ2v) is 4.38. The van der Waals surface area contributed by atoms with Crippen LogP contribution in [0.25, 0.3) is 0 Å². The number of aromatic nitrogens is 1. The van der Waals surface area contributed by atoms with Gasteiger partial charge in [-0.25, -0.2) is 4.98 Å². The van der Waals surface area contributed by atoms with E-state index >= 15 is 0 Å². The van der Waals surface area contributed by atoms with E-state index in [9.17, 15) is 0 Å². The minimum absolute atomic E-state index is 0.570. The first kappa shape index (κ1) is 11.1. The molecule has 0 aliphatic heterocycles. The number of rotatable bonds is 3. The first-order valence-corrected chi connectivity index (χ1v) is 6.15. The molecule has 0 saturated carbocycles. The fraction of sp³-hybridized carbons (Fsp3) is 0.267. The summed E-state index contributed by atoms with van der Waals surface area (Å²) < 4.78 is 11.0. The molecule has 3 heteroatoms. The number of benzene rings is 1. The summed E-state index contributed by atoms with van der Waals surface area (Å²) in [5, 5.41) is 0. The number of ether oxygens (including phenoxy) is 2. The quantitative estimate of drug-likeness (QED) is 0.825. The summed E-state index contributed by atoms with van der Waals surface area (Å²) in [6.07, 6.45) is 5.17. The second-order valence-electron chi connectivity index (χ2n) is 4.38. The predicted molar refractivity (Wildman–Crippen MR) is 69.3 cm³/mol. The van der Waals surface area contributed by atoms with Gasteiger partial charge in [0, 0.05) is 12.3 Å². The van der Waals surface area contributed by atoms with E-state index in [0.717, 1.165) is 24.3 Å². The molecule has 92 valence electrons. The molecule has 0 amide bonds. The number of fused-ring (bicyclic) bond motifs is 1. The van der Waals surface area contributed by atoms with E-state index in [0.29, 0.717) is 5.88 Å². The van der Waals surface area contributed by atoms with Crippen LogP contribution in [0.4, 0.5) is 0 Å². The van der Waals surface area contributed by atoms with Crippen LogP contribution < -0.4 is 9.47 Å². The van der Waals surface area contributed by atoms with Gasteiger partial charge in [-0.3, -0.25) is 0 Å². The zero-order valence-corrected chi connectivity index (χ0v) is 10.3. The van der Waals surface area contributed by atoms with Crippen molar-refractivity contribution >= 4 is 0 Å². The van der Waals surface area contributed by atoms with Gasteiger partial charge in [0.15, 0.2) is 0 Å². The van der Waals surface area contributed by atoms with E-state index in [1.54, 1.807) is 19.4 Å². The molecule has 0 spiro atoms. The third-order valence-electron chi connectivity index (χ3n) is 3.25. The first-order valence-electron chi connectivity index (χ1n) is 6.15. The van der Waals surface area contributed by atoms with Crippen LogP contribution in [0.1, 0.15) is 17.5 Å². The molecule has 0 unspecified atom stereocenters. The molecular weight excluding hydrogens is 226 g/mol. The van der Waals surface area contributed by atoms with Crippen molar-refractivity contribution in [2.75, 3.05) is 7.11 Å². The van der Waals surface area contributed by atoms with E-state index in [2.05, 4.69) is 17.1 Å². The average molecular weight is 241 g/mol. The fourth-order valence-corrected chi connectivity index (χ4v) is 2.37. The average Bonchev–Trinajstić information content (AvgIpc) is 2.88. The number of hydrogen-bond acceptors (Lipinski definition) is 3. The van der Waals surface area contributed by atoms with Crippen LogP contribution in [-0.4, -0.2) is 12.1 Å². The lowest BCUT2D eigenvalue weighted by Gasteiger charge is -2.10. The molecule has 0 saturated heterocycles. The molecule has 1 heterocycles. The van der Waals surface area contributed by atoms with Crippen LogP contribution in [0.15, 0.2) is 36.5 Å². The summed E-state index contributed by atoms with van der Waals surface area (Å²) in [6.45, 7) is 0. The molecule has 0 radical (unpaired) electrons. The molecule has 2 aromatic rings. The fourth-order valence-electron chi connectivity index (χ4n) is 2.37. The first-order chi connectivity index (χ1) is 8.86. The lowest BCUT2D eigenvalue weighted by molar-refractivity contribution is 0.392. The molecular formula is C15H15NO2. The standard InChI is InChI=1S/C15H15NO2/c1-17-15-10-12(8-9-16-15)18-14-7-3-5-11-4-2-6-13(11)14/h3,5,7-10H,2,4,6H2,1H3. The van der Waals surface area contributed by atoms with Crippen molar-refractivity contribution in [3.63, 3.8) is 0 Å². The minimum atomic E-state index is 0.570. The van der Waals surface area contributed by atoms with E-state index < -0.39 is 0 Å². The molecule has 0 fully saturated rings. The monoisotopic (exact) mass is 241 g/mol. The molecule has 3 rings (SSSR count). The molecule has 1 aliphatic carbocycles. The molecule has 1 aromatic carbocycles. The Morgan fingerprint density at radius 2 is 2.11 bits per heavy atom. The molecule has 1 aromatic heterocycles. The Kier molecular flexibility index (Phi) is 2.89. The zero-order valence-electron chi connectivity index (χ0n) is 10.3. The Morgan fingerprint density at radius 1 is 1.17 bits per heavy atom. The summed E-state index contributed by atoms with van der Waals surface area (Å²) in [7, 11) is 1.60. The number of pyridine rings is 1. The zero-order chi connectivity index (χ0) is 12.4. The van der Waals surface area contributed by atoms with Gasteiger partial charge in [0.25, 0.3) is 0 Å². The lowest BCUT2D eigenvalue weighted by Crippen LogP contribution is -1.92. The van der Waals surface area contributed by atoms with Gasteiger partial charge in [-0.15, -0.1) is 0 Å². The number of nitrogens with zero attached hydrogens (tertiary/aromatic N) is 1. The maximum absolute atomic E-state index is 5.94. The van der Waals surface area contributed by atoms with E-state index in [4.69, 9.17) is 9.47 Å². The van der Waals surface area contributed by atoms with Crippen molar-refractivity contribution in [1.82, 2.24) is 4.98 Å². The van der Waals surface area contributed by atoms with Crippen molar-refractivity contribution in [1.29, 1.82) is 0 Å². The van der Waals surface area contributed by atoms with Crippen molar-refractivity contribution in [3.8, 4) is 17.4 Å². The maximum Gasteiger partial charge on any atom is 0.216 e. The van der Waals surface area contributed by atoms with Gasteiger partial charge in [0.2, 0.25) is 5.88 Å². The summed E-state index contributed by atoms with van der Waals surface area (Å²) in [4.78, 5) is 4.07. The van der Waals surface area contributed by atoms with Crippen LogP contribution in [0.5, 0.6) is 17.4 Å². The summed E-state index contributed by atoms with van der Waals surface area (Å²) >= 11 is 0. The molecule has 0 bridgehead atoms. The van der Waals surface area contributed by atoms with Crippen LogP contribution in [0, 0.1) is 0 Å². The van der Waals surface area contributed by atoms with E-state index in [-0.39, 0.29) is 0 Å². The van der Waals surface area contributed by atoms with E-state index in [1.807, 2.05) is 12.1 Å². The van der Waals surface area contributed by atoms with Gasteiger partial charge >= 0.3 is 0 Å². The third-order valence-corrected chi connectivity index (χ3v) is 3.25. The van der Waals surface area contributed by atoms with Crippen molar-refractivity contribution in [2.45, 2.75) is 19.3 Å². The SMILES string of the molecule is COc1cc(Oc2cccc3c2CCC3)ccn1. The van der Waals surface area contributed by atoms with Crippen LogP contribution in [0.2, 0.25) is 0 Å². The Bertz CT molecular complexity index is 566. The second kappa shape index (κ2) is 4.69. The summed E-state index contributed by atoms with van der Waals surface area (Å²) in [6, 6.07) is 9.91.